The van der Waals surface area contributed by atoms with E-state index in [0.29, 0.717) is 6.54 Å². The third-order valence-corrected chi connectivity index (χ3v) is 3.79. The number of hydrogen-bond donors (Lipinski definition) is 2. The standard InChI is InChI=1S/C17H21N3O/c1-17(2,3)8-11-9-19-15-12-6-4-5-7-13(12)18-10-14(15)20-16(11)21/h4-7,10-11,19H,8-9H2,1-3H3,(H,20,21). The topological polar surface area (TPSA) is 54.0 Å². The predicted octanol–water partition coefficient (Wildman–Crippen LogP) is 3.65. The van der Waals surface area contributed by atoms with Gasteiger partial charge in [0, 0.05) is 11.9 Å². The Morgan fingerprint density at radius 3 is 2.81 bits per heavy atom. The molecular formula is C17H21N3O. The molecule has 1 aliphatic rings. The Kier molecular flexibility index (Phi) is 3.32. The number of hydrogen-bond acceptors (Lipinski definition) is 3. The highest BCUT2D eigenvalue weighted by molar-refractivity contribution is 6.05. The number of nitrogens with one attached hydrogen (secondary N) is 2. The summed E-state index contributed by atoms with van der Waals surface area (Å²) >= 11 is 0. The molecule has 1 amide bonds. The van der Waals surface area contributed by atoms with Gasteiger partial charge in [0.2, 0.25) is 5.91 Å². The van der Waals surface area contributed by atoms with E-state index in [2.05, 4.69) is 36.4 Å². The van der Waals surface area contributed by atoms with Gasteiger partial charge in [-0.15, -0.1) is 0 Å². The van der Waals surface area contributed by atoms with Crippen molar-refractivity contribution in [3.8, 4) is 0 Å². The number of nitrogens with zero attached hydrogens (tertiary/aromatic N) is 1. The number of anilines is 2. The molecule has 2 heterocycles. The van der Waals surface area contributed by atoms with Crippen molar-refractivity contribution in [2.45, 2.75) is 27.2 Å². The predicted molar refractivity (Wildman–Crippen MR) is 86.4 cm³/mol. The fourth-order valence-electron chi connectivity index (χ4n) is 2.88. The van der Waals surface area contributed by atoms with E-state index in [1.54, 1.807) is 6.20 Å². The van der Waals surface area contributed by atoms with Crippen molar-refractivity contribution in [1.29, 1.82) is 0 Å². The zero-order chi connectivity index (χ0) is 15.0. The lowest BCUT2D eigenvalue weighted by atomic mass is 9.84. The number of benzene rings is 1. The molecule has 1 atom stereocenters. The van der Waals surface area contributed by atoms with Crippen LogP contribution in [0.1, 0.15) is 27.2 Å². The van der Waals surface area contributed by atoms with Gasteiger partial charge in [0.1, 0.15) is 0 Å². The highest BCUT2D eigenvalue weighted by Crippen LogP contribution is 2.34. The fourth-order valence-corrected chi connectivity index (χ4v) is 2.88. The molecule has 3 rings (SSSR count). The van der Waals surface area contributed by atoms with E-state index in [9.17, 15) is 4.79 Å². The van der Waals surface area contributed by atoms with Crippen molar-refractivity contribution in [2.24, 2.45) is 11.3 Å². The van der Waals surface area contributed by atoms with Crippen LogP contribution in [0.25, 0.3) is 10.9 Å². The maximum Gasteiger partial charge on any atom is 0.229 e. The van der Waals surface area contributed by atoms with Gasteiger partial charge in [-0.2, -0.15) is 0 Å². The first-order valence-electron chi connectivity index (χ1n) is 7.36. The highest BCUT2D eigenvalue weighted by Gasteiger charge is 2.28. The molecule has 21 heavy (non-hydrogen) atoms. The summed E-state index contributed by atoms with van der Waals surface area (Å²) in [6.07, 6.45) is 2.59. The molecule has 1 unspecified atom stereocenters. The van der Waals surface area contributed by atoms with Crippen LogP contribution in [0, 0.1) is 11.3 Å². The largest absolute Gasteiger partial charge is 0.382 e. The van der Waals surface area contributed by atoms with Crippen molar-refractivity contribution in [3.05, 3.63) is 30.5 Å². The molecule has 0 saturated heterocycles. The Bertz CT molecular complexity index is 688. The van der Waals surface area contributed by atoms with E-state index in [1.807, 2.05) is 24.3 Å². The average molecular weight is 283 g/mol. The second-order valence-corrected chi connectivity index (χ2v) is 6.90. The maximum atomic E-state index is 12.4. The summed E-state index contributed by atoms with van der Waals surface area (Å²) < 4.78 is 0. The van der Waals surface area contributed by atoms with Crippen LogP contribution in [-0.2, 0) is 4.79 Å². The van der Waals surface area contributed by atoms with Gasteiger partial charge in [0.15, 0.2) is 0 Å². The zero-order valence-electron chi connectivity index (χ0n) is 12.7. The number of amides is 1. The SMILES string of the molecule is CC(C)(C)CC1CNc2c(cnc3ccccc23)NC1=O. The number of carbonyl (C=O) groups is 1. The summed E-state index contributed by atoms with van der Waals surface area (Å²) in [6, 6.07) is 7.98. The van der Waals surface area contributed by atoms with Crippen molar-refractivity contribution in [3.63, 3.8) is 0 Å². The molecule has 110 valence electrons. The van der Waals surface area contributed by atoms with E-state index in [4.69, 9.17) is 0 Å². The first-order valence-corrected chi connectivity index (χ1v) is 7.36. The monoisotopic (exact) mass is 283 g/mol. The third kappa shape index (κ3) is 2.84. The van der Waals surface area contributed by atoms with E-state index < -0.39 is 0 Å². The summed E-state index contributed by atoms with van der Waals surface area (Å²) in [6.45, 7) is 7.14. The van der Waals surface area contributed by atoms with Crippen LogP contribution >= 0.6 is 0 Å². The van der Waals surface area contributed by atoms with Crippen LogP contribution < -0.4 is 10.6 Å². The number of pyridine rings is 1. The van der Waals surface area contributed by atoms with Crippen LogP contribution in [0.3, 0.4) is 0 Å². The van der Waals surface area contributed by atoms with Crippen LogP contribution in [0.2, 0.25) is 0 Å². The molecule has 2 aromatic rings. The quantitative estimate of drug-likeness (QED) is 0.840. The lowest BCUT2D eigenvalue weighted by molar-refractivity contribution is -0.120. The Balaban J connectivity index is 1.96. The van der Waals surface area contributed by atoms with Crippen LogP contribution in [0.15, 0.2) is 30.5 Å². The van der Waals surface area contributed by atoms with Crippen molar-refractivity contribution >= 4 is 28.2 Å². The van der Waals surface area contributed by atoms with Crippen molar-refractivity contribution in [2.75, 3.05) is 17.2 Å². The molecule has 0 aliphatic carbocycles. The molecule has 4 nitrogen and oxygen atoms in total. The Labute approximate surface area is 125 Å². The van der Waals surface area contributed by atoms with Crippen LogP contribution in [-0.4, -0.2) is 17.4 Å². The Morgan fingerprint density at radius 1 is 1.29 bits per heavy atom. The smallest absolute Gasteiger partial charge is 0.229 e. The minimum Gasteiger partial charge on any atom is -0.382 e. The van der Waals surface area contributed by atoms with E-state index >= 15 is 0 Å². The molecule has 4 heteroatoms. The third-order valence-electron chi connectivity index (χ3n) is 3.79. The summed E-state index contributed by atoms with van der Waals surface area (Å²) in [5.74, 6) is 0.0458. The highest BCUT2D eigenvalue weighted by atomic mass is 16.1. The Morgan fingerprint density at radius 2 is 2.05 bits per heavy atom. The number of aromatic nitrogens is 1. The molecule has 0 spiro atoms. The zero-order valence-corrected chi connectivity index (χ0v) is 12.7. The van der Waals surface area contributed by atoms with Gasteiger partial charge in [0.05, 0.1) is 29.0 Å². The average Bonchev–Trinajstić information content (AvgIpc) is 2.57. The number of fused-ring (bicyclic) bond motifs is 3. The van der Waals surface area contributed by atoms with Gasteiger partial charge in [-0.25, -0.2) is 0 Å². The molecule has 0 radical (unpaired) electrons. The summed E-state index contributed by atoms with van der Waals surface area (Å²) in [7, 11) is 0. The molecule has 0 saturated carbocycles. The molecular weight excluding hydrogens is 262 g/mol. The Hall–Kier alpha value is -2.10. The van der Waals surface area contributed by atoms with E-state index in [1.165, 1.54) is 0 Å². The summed E-state index contributed by atoms with van der Waals surface area (Å²) in [5.41, 5.74) is 2.81. The fraction of sp³-hybridized carbons (Fsp3) is 0.412. The van der Waals surface area contributed by atoms with E-state index in [-0.39, 0.29) is 17.2 Å². The molecule has 2 N–H and O–H groups in total. The minimum absolute atomic E-state index is 0.0313. The van der Waals surface area contributed by atoms with Gasteiger partial charge in [-0.05, 0) is 17.9 Å². The van der Waals surface area contributed by atoms with Gasteiger partial charge < -0.3 is 10.6 Å². The van der Waals surface area contributed by atoms with Gasteiger partial charge in [-0.3, -0.25) is 9.78 Å². The molecule has 1 aromatic carbocycles. The molecule has 0 fully saturated rings. The first kappa shape index (κ1) is 13.9. The lowest BCUT2D eigenvalue weighted by Gasteiger charge is -2.23. The first-order chi connectivity index (χ1) is 9.94. The van der Waals surface area contributed by atoms with Crippen LogP contribution in [0.5, 0.6) is 0 Å². The molecule has 1 aliphatic heterocycles. The normalized spacial score (nSPS) is 18.6. The molecule has 1 aromatic heterocycles. The number of para-hydroxylation sites is 1. The van der Waals surface area contributed by atoms with Gasteiger partial charge >= 0.3 is 0 Å². The van der Waals surface area contributed by atoms with E-state index in [0.717, 1.165) is 28.7 Å². The van der Waals surface area contributed by atoms with Crippen molar-refractivity contribution in [1.82, 2.24) is 4.98 Å². The van der Waals surface area contributed by atoms with Gasteiger partial charge in [-0.1, -0.05) is 39.0 Å². The summed E-state index contributed by atoms with van der Waals surface area (Å²) in [5, 5.41) is 7.52. The second-order valence-electron chi connectivity index (χ2n) is 6.90. The number of carbonyl (C=O) groups excluding carboxylic acids is 1. The molecule has 0 bridgehead atoms. The number of rotatable bonds is 1. The van der Waals surface area contributed by atoms with Crippen LogP contribution in [0.4, 0.5) is 11.4 Å². The second kappa shape index (κ2) is 5.02. The maximum absolute atomic E-state index is 12.4. The van der Waals surface area contributed by atoms with Crippen molar-refractivity contribution < 1.29 is 4.79 Å². The summed E-state index contributed by atoms with van der Waals surface area (Å²) in [4.78, 5) is 16.8. The van der Waals surface area contributed by atoms with Gasteiger partial charge in [0.25, 0.3) is 0 Å². The lowest BCUT2D eigenvalue weighted by Crippen LogP contribution is -2.29. The minimum atomic E-state index is -0.0313.